The van der Waals surface area contributed by atoms with Crippen molar-refractivity contribution in [3.63, 3.8) is 0 Å². The number of hydrogen-bond donors (Lipinski definition) is 1. The van der Waals surface area contributed by atoms with E-state index >= 15 is 0 Å². The second kappa shape index (κ2) is 9.78. The molecule has 0 aliphatic carbocycles. The normalized spacial score (nSPS) is 13.4. The number of carbonyl (C=O) groups is 2. The van der Waals surface area contributed by atoms with Crippen molar-refractivity contribution in [3.8, 4) is 0 Å². The Morgan fingerprint density at radius 2 is 2.06 bits per heavy atom. The summed E-state index contributed by atoms with van der Waals surface area (Å²) in [5.41, 5.74) is 2.43. The first kappa shape index (κ1) is 21.1. The SMILES string of the molecule is Cc1cccc(Nc2nc(C(=O)N(CCC(=O)N3CCCC3)Cc3ccco3)cs2)c1. The van der Waals surface area contributed by atoms with E-state index in [0.717, 1.165) is 37.2 Å². The maximum atomic E-state index is 13.2. The number of furan rings is 1. The lowest BCUT2D eigenvalue weighted by atomic mass is 10.2. The van der Waals surface area contributed by atoms with Crippen molar-refractivity contribution in [1.82, 2.24) is 14.8 Å². The molecule has 7 nitrogen and oxygen atoms in total. The number of carbonyl (C=O) groups excluding carboxylic acids is 2. The number of hydrogen-bond acceptors (Lipinski definition) is 6. The number of aromatic nitrogens is 1. The van der Waals surface area contributed by atoms with Gasteiger partial charge in [-0.3, -0.25) is 9.59 Å². The zero-order valence-electron chi connectivity index (χ0n) is 17.5. The molecule has 0 saturated carbocycles. The molecule has 31 heavy (non-hydrogen) atoms. The van der Waals surface area contributed by atoms with Gasteiger partial charge in [0.1, 0.15) is 11.5 Å². The number of benzene rings is 1. The van der Waals surface area contributed by atoms with Gasteiger partial charge >= 0.3 is 0 Å². The first-order chi connectivity index (χ1) is 15.1. The molecule has 0 atom stereocenters. The van der Waals surface area contributed by atoms with E-state index in [1.54, 1.807) is 22.6 Å². The van der Waals surface area contributed by atoms with Crippen LogP contribution in [0.3, 0.4) is 0 Å². The molecule has 0 spiro atoms. The van der Waals surface area contributed by atoms with Gasteiger partial charge < -0.3 is 19.5 Å². The van der Waals surface area contributed by atoms with E-state index in [9.17, 15) is 9.59 Å². The summed E-state index contributed by atoms with van der Waals surface area (Å²) in [6.45, 7) is 4.28. The maximum absolute atomic E-state index is 13.2. The molecule has 162 valence electrons. The fourth-order valence-corrected chi connectivity index (χ4v) is 4.34. The number of nitrogens with zero attached hydrogens (tertiary/aromatic N) is 3. The van der Waals surface area contributed by atoms with Crippen molar-refractivity contribution < 1.29 is 14.0 Å². The van der Waals surface area contributed by atoms with Gasteiger partial charge in [0.25, 0.3) is 5.91 Å². The van der Waals surface area contributed by atoms with Crippen LogP contribution in [0.5, 0.6) is 0 Å². The fourth-order valence-electron chi connectivity index (χ4n) is 3.64. The summed E-state index contributed by atoms with van der Waals surface area (Å²) in [4.78, 5) is 33.7. The van der Waals surface area contributed by atoms with E-state index in [2.05, 4.69) is 10.3 Å². The molecule has 1 aromatic carbocycles. The minimum Gasteiger partial charge on any atom is -0.467 e. The van der Waals surface area contributed by atoms with Crippen LogP contribution in [0.2, 0.25) is 0 Å². The molecule has 0 bridgehead atoms. The summed E-state index contributed by atoms with van der Waals surface area (Å²) in [6, 6.07) is 11.6. The molecule has 4 rings (SSSR count). The Hall–Kier alpha value is -3.13. The molecule has 1 N–H and O–H groups in total. The van der Waals surface area contributed by atoms with Crippen LogP contribution in [-0.2, 0) is 11.3 Å². The van der Waals surface area contributed by atoms with E-state index in [0.29, 0.717) is 36.1 Å². The Morgan fingerprint density at radius 3 is 2.81 bits per heavy atom. The van der Waals surface area contributed by atoms with Gasteiger partial charge in [0.15, 0.2) is 5.13 Å². The summed E-state index contributed by atoms with van der Waals surface area (Å²) < 4.78 is 5.43. The Labute approximate surface area is 185 Å². The first-order valence-corrected chi connectivity index (χ1v) is 11.3. The molecular formula is C23H26N4O3S. The summed E-state index contributed by atoms with van der Waals surface area (Å²) in [7, 11) is 0. The fraction of sp³-hybridized carbons (Fsp3) is 0.348. The van der Waals surface area contributed by atoms with Crippen LogP contribution in [0.4, 0.5) is 10.8 Å². The number of amides is 2. The van der Waals surface area contributed by atoms with Crippen molar-refractivity contribution >= 4 is 34.0 Å². The highest BCUT2D eigenvalue weighted by atomic mass is 32.1. The van der Waals surface area contributed by atoms with E-state index in [-0.39, 0.29) is 11.8 Å². The van der Waals surface area contributed by atoms with Gasteiger partial charge in [-0.1, -0.05) is 12.1 Å². The Morgan fingerprint density at radius 1 is 1.23 bits per heavy atom. The number of nitrogens with one attached hydrogen (secondary N) is 1. The maximum Gasteiger partial charge on any atom is 0.273 e. The number of likely N-dealkylation sites (tertiary alicyclic amines) is 1. The minimum absolute atomic E-state index is 0.0924. The third-order valence-corrected chi connectivity index (χ3v) is 6.02. The van der Waals surface area contributed by atoms with Crippen molar-refractivity contribution in [2.75, 3.05) is 25.0 Å². The monoisotopic (exact) mass is 438 g/mol. The zero-order valence-corrected chi connectivity index (χ0v) is 18.4. The number of rotatable bonds is 8. The molecule has 3 aromatic rings. The second-order valence-electron chi connectivity index (χ2n) is 7.68. The van der Waals surface area contributed by atoms with E-state index in [1.807, 2.05) is 42.2 Å². The molecule has 2 amide bonds. The number of anilines is 2. The predicted octanol–water partition coefficient (Wildman–Crippen LogP) is 4.44. The molecule has 3 heterocycles. The highest BCUT2D eigenvalue weighted by molar-refractivity contribution is 7.14. The first-order valence-electron chi connectivity index (χ1n) is 10.5. The lowest BCUT2D eigenvalue weighted by Gasteiger charge is -2.22. The third kappa shape index (κ3) is 5.52. The van der Waals surface area contributed by atoms with Crippen LogP contribution in [0.1, 0.15) is 41.1 Å². The van der Waals surface area contributed by atoms with Crippen LogP contribution < -0.4 is 5.32 Å². The summed E-state index contributed by atoms with van der Waals surface area (Å²) in [5, 5.41) is 5.65. The Kier molecular flexibility index (Phi) is 6.66. The van der Waals surface area contributed by atoms with Crippen molar-refractivity contribution in [1.29, 1.82) is 0 Å². The van der Waals surface area contributed by atoms with Crippen LogP contribution in [0.25, 0.3) is 0 Å². The molecule has 0 unspecified atom stereocenters. The topological polar surface area (TPSA) is 78.7 Å². The Balaban J connectivity index is 1.44. The van der Waals surface area contributed by atoms with Gasteiger partial charge in [-0.2, -0.15) is 0 Å². The molecule has 0 radical (unpaired) electrons. The second-order valence-corrected chi connectivity index (χ2v) is 8.53. The van der Waals surface area contributed by atoms with Gasteiger partial charge in [0, 0.05) is 37.1 Å². The van der Waals surface area contributed by atoms with Crippen molar-refractivity contribution in [3.05, 3.63) is 65.1 Å². The van der Waals surface area contributed by atoms with Crippen molar-refractivity contribution in [2.45, 2.75) is 32.7 Å². The smallest absolute Gasteiger partial charge is 0.273 e. The quantitative estimate of drug-likeness (QED) is 0.562. The Bertz CT molecular complexity index is 1030. The molecule has 2 aromatic heterocycles. The molecule has 8 heteroatoms. The molecule has 1 fully saturated rings. The van der Waals surface area contributed by atoms with Crippen LogP contribution in [-0.4, -0.2) is 46.2 Å². The molecule has 1 aliphatic rings. The van der Waals surface area contributed by atoms with E-state index in [1.165, 1.54) is 11.3 Å². The van der Waals surface area contributed by atoms with Gasteiger partial charge in [-0.25, -0.2) is 4.98 Å². The zero-order chi connectivity index (χ0) is 21.6. The minimum atomic E-state index is -0.209. The van der Waals surface area contributed by atoms with Crippen molar-refractivity contribution in [2.24, 2.45) is 0 Å². The number of aryl methyl sites for hydroxylation is 1. The number of thiazole rings is 1. The van der Waals surface area contributed by atoms with Gasteiger partial charge in [0.2, 0.25) is 5.91 Å². The highest BCUT2D eigenvalue weighted by Gasteiger charge is 2.23. The van der Waals surface area contributed by atoms with E-state index in [4.69, 9.17) is 4.42 Å². The lowest BCUT2D eigenvalue weighted by Crippen LogP contribution is -2.36. The third-order valence-electron chi connectivity index (χ3n) is 5.26. The van der Waals surface area contributed by atoms with Gasteiger partial charge in [-0.15, -0.1) is 11.3 Å². The predicted molar refractivity (Wildman–Crippen MR) is 120 cm³/mol. The standard InChI is InChI=1S/C23H26N4O3S/c1-17-6-4-7-18(14-17)24-23-25-20(16-31-23)22(29)27(15-19-8-5-13-30-19)12-9-21(28)26-10-2-3-11-26/h4-8,13-14,16H,2-3,9-12,15H2,1H3,(H,24,25). The van der Waals surface area contributed by atoms with Gasteiger partial charge in [0.05, 0.1) is 12.8 Å². The van der Waals surface area contributed by atoms with Crippen LogP contribution in [0, 0.1) is 6.92 Å². The largest absolute Gasteiger partial charge is 0.467 e. The summed E-state index contributed by atoms with van der Waals surface area (Å²) in [5.74, 6) is 0.560. The average Bonchev–Trinajstić information content (AvgIpc) is 3.53. The van der Waals surface area contributed by atoms with Crippen LogP contribution >= 0.6 is 11.3 Å². The van der Waals surface area contributed by atoms with Crippen LogP contribution in [0.15, 0.2) is 52.5 Å². The lowest BCUT2D eigenvalue weighted by molar-refractivity contribution is -0.130. The molecule has 1 aliphatic heterocycles. The molecular weight excluding hydrogens is 412 g/mol. The van der Waals surface area contributed by atoms with Gasteiger partial charge in [-0.05, 0) is 49.6 Å². The van der Waals surface area contributed by atoms with E-state index < -0.39 is 0 Å². The highest BCUT2D eigenvalue weighted by Crippen LogP contribution is 2.23. The average molecular weight is 439 g/mol. The summed E-state index contributed by atoms with van der Waals surface area (Å²) in [6.07, 6.45) is 3.98. The summed E-state index contributed by atoms with van der Waals surface area (Å²) >= 11 is 1.38. The molecule has 1 saturated heterocycles.